The standard InChI is InChI=1S/C25H23N3O2S/c1-15(2)17-8-10-18(11-9-17)23(29)28-25(31)26-19-12-13-22-21(14-19)27-24(30-22)20-7-5-4-6-16(20)3/h4-15H,1-3H3,(H2,26,28,29,31). The third kappa shape index (κ3) is 4.64. The van der Waals surface area contributed by atoms with Gasteiger partial charge in [0.05, 0.1) is 0 Å². The number of benzene rings is 3. The highest BCUT2D eigenvalue weighted by Gasteiger charge is 2.12. The SMILES string of the molecule is Cc1ccccc1-c1nc2cc(NC(=S)NC(=O)c3ccc(C(C)C)cc3)ccc2o1. The van der Waals surface area contributed by atoms with Crippen molar-refractivity contribution in [2.24, 2.45) is 0 Å². The molecule has 5 nitrogen and oxygen atoms in total. The normalized spacial score (nSPS) is 11.0. The van der Waals surface area contributed by atoms with Crippen LogP contribution in [-0.4, -0.2) is 16.0 Å². The van der Waals surface area contributed by atoms with Crippen molar-refractivity contribution in [3.8, 4) is 11.5 Å². The second kappa shape index (κ2) is 8.70. The summed E-state index contributed by atoms with van der Waals surface area (Å²) in [5, 5.41) is 5.98. The quantitative estimate of drug-likeness (QED) is 0.386. The van der Waals surface area contributed by atoms with Gasteiger partial charge in [-0.2, -0.15) is 0 Å². The van der Waals surface area contributed by atoms with Crippen LogP contribution in [0.5, 0.6) is 0 Å². The molecular formula is C25H23N3O2S. The van der Waals surface area contributed by atoms with E-state index in [0.717, 1.165) is 16.8 Å². The molecule has 156 valence electrons. The topological polar surface area (TPSA) is 67.2 Å². The van der Waals surface area contributed by atoms with Gasteiger partial charge in [-0.15, -0.1) is 0 Å². The highest BCUT2D eigenvalue weighted by molar-refractivity contribution is 7.80. The van der Waals surface area contributed by atoms with Crippen molar-refractivity contribution in [3.63, 3.8) is 0 Å². The van der Waals surface area contributed by atoms with Gasteiger partial charge < -0.3 is 9.73 Å². The molecule has 0 fully saturated rings. The van der Waals surface area contributed by atoms with Crippen LogP contribution in [0.1, 0.15) is 41.3 Å². The molecule has 1 aromatic heterocycles. The lowest BCUT2D eigenvalue weighted by atomic mass is 10.0. The summed E-state index contributed by atoms with van der Waals surface area (Å²) in [6.45, 7) is 6.25. The number of aryl methyl sites for hydroxylation is 1. The van der Waals surface area contributed by atoms with E-state index in [1.54, 1.807) is 0 Å². The van der Waals surface area contributed by atoms with Crippen LogP contribution in [0, 0.1) is 6.92 Å². The van der Waals surface area contributed by atoms with E-state index in [2.05, 4.69) is 29.5 Å². The van der Waals surface area contributed by atoms with Crippen LogP contribution in [0.4, 0.5) is 5.69 Å². The molecule has 4 rings (SSSR count). The van der Waals surface area contributed by atoms with E-state index in [9.17, 15) is 4.79 Å². The third-order valence-corrected chi connectivity index (χ3v) is 5.29. The molecular weight excluding hydrogens is 406 g/mol. The Morgan fingerprint density at radius 3 is 2.48 bits per heavy atom. The molecule has 0 bridgehead atoms. The van der Waals surface area contributed by atoms with Crippen LogP contribution in [-0.2, 0) is 0 Å². The van der Waals surface area contributed by atoms with Crippen LogP contribution in [0.15, 0.2) is 71.1 Å². The Morgan fingerprint density at radius 1 is 1.03 bits per heavy atom. The molecule has 1 amide bonds. The number of hydrogen-bond acceptors (Lipinski definition) is 4. The van der Waals surface area contributed by atoms with Crippen LogP contribution in [0.2, 0.25) is 0 Å². The third-order valence-electron chi connectivity index (χ3n) is 5.09. The molecule has 1 heterocycles. The Labute approximate surface area is 186 Å². The zero-order valence-corrected chi connectivity index (χ0v) is 18.4. The average Bonchev–Trinajstić information content (AvgIpc) is 3.17. The first-order valence-corrected chi connectivity index (χ1v) is 10.5. The van der Waals surface area contributed by atoms with Crippen molar-refractivity contribution in [1.82, 2.24) is 10.3 Å². The van der Waals surface area contributed by atoms with E-state index in [-0.39, 0.29) is 11.0 Å². The fraction of sp³-hybridized carbons (Fsp3) is 0.160. The smallest absolute Gasteiger partial charge is 0.257 e. The molecule has 0 spiro atoms. The van der Waals surface area contributed by atoms with Gasteiger partial charge in [-0.25, -0.2) is 4.98 Å². The summed E-state index contributed by atoms with van der Waals surface area (Å²) in [6.07, 6.45) is 0. The number of aromatic nitrogens is 1. The fourth-order valence-electron chi connectivity index (χ4n) is 3.29. The minimum absolute atomic E-state index is 0.222. The molecule has 2 N–H and O–H groups in total. The van der Waals surface area contributed by atoms with Gasteiger partial charge in [-0.1, -0.05) is 44.2 Å². The van der Waals surface area contributed by atoms with E-state index >= 15 is 0 Å². The lowest BCUT2D eigenvalue weighted by molar-refractivity contribution is 0.0977. The van der Waals surface area contributed by atoms with Gasteiger partial charge in [0.25, 0.3) is 5.91 Å². The number of nitrogens with zero attached hydrogens (tertiary/aromatic N) is 1. The first-order chi connectivity index (χ1) is 14.9. The number of rotatable bonds is 4. The number of fused-ring (bicyclic) bond motifs is 1. The molecule has 0 aliphatic carbocycles. The highest BCUT2D eigenvalue weighted by atomic mass is 32.1. The number of anilines is 1. The number of hydrogen-bond donors (Lipinski definition) is 2. The Bertz CT molecular complexity index is 1260. The molecule has 0 atom stereocenters. The van der Waals surface area contributed by atoms with Gasteiger partial charge in [0.15, 0.2) is 10.7 Å². The molecule has 3 aromatic carbocycles. The molecule has 31 heavy (non-hydrogen) atoms. The number of carbonyl (C=O) groups excluding carboxylic acids is 1. The Morgan fingerprint density at radius 2 is 1.77 bits per heavy atom. The summed E-state index contributed by atoms with van der Waals surface area (Å²) in [6, 6.07) is 21.0. The second-order valence-electron chi connectivity index (χ2n) is 7.70. The molecule has 0 aliphatic heterocycles. The summed E-state index contributed by atoms with van der Waals surface area (Å²) >= 11 is 5.31. The lowest BCUT2D eigenvalue weighted by Gasteiger charge is -2.10. The molecule has 0 saturated carbocycles. The van der Waals surface area contributed by atoms with E-state index < -0.39 is 0 Å². The predicted molar refractivity (Wildman–Crippen MR) is 128 cm³/mol. The van der Waals surface area contributed by atoms with E-state index in [4.69, 9.17) is 16.6 Å². The van der Waals surface area contributed by atoms with Crippen molar-refractivity contribution in [2.45, 2.75) is 26.7 Å². The van der Waals surface area contributed by atoms with Gasteiger partial charge in [0.1, 0.15) is 5.52 Å². The average molecular weight is 430 g/mol. The van der Waals surface area contributed by atoms with Crippen molar-refractivity contribution in [2.75, 3.05) is 5.32 Å². The zero-order chi connectivity index (χ0) is 22.0. The van der Waals surface area contributed by atoms with Crippen LogP contribution < -0.4 is 10.6 Å². The molecule has 4 aromatic rings. The Hall–Kier alpha value is -3.51. The number of carbonyl (C=O) groups is 1. The van der Waals surface area contributed by atoms with Crippen molar-refractivity contribution < 1.29 is 9.21 Å². The minimum Gasteiger partial charge on any atom is -0.436 e. The zero-order valence-electron chi connectivity index (χ0n) is 17.6. The summed E-state index contributed by atoms with van der Waals surface area (Å²) in [4.78, 5) is 17.1. The molecule has 0 radical (unpaired) electrons. The van der Waals surface area contributed by atoms with Crippen molar-refractivity contribution in [3.05, 3.63) is 83.4 Å². The first kappa shape index (κ1) is 20.8. The monoisotopic (exact) mass is 429 g/mol. The number of amides is 1. The van der Waals surface area contributed by atoms with Crippen molar-refractivity contribution in [1.29, 1.82) is 0 Å². The summed E-state index contributed by atoms with van der Waals surface area (Å²) in [5.74, 6) is 0.737. The maximum atomic E-state index is 12.5. The lowest BCUT2D eigenvalue weighted by Crippen LogP contribution is -2.34. The van der Waals surface area contributed by atoms with Crippen LogP contribution >= 0.6 is 12.2 Å². The first-order valence-electron chi connectivity index (χ1n) is 10.1. The number of oxazole rings is 1. The second-order valence-corrected chi connectivity index (χ2v) is 8.11. The summed E-state index contributed by atoms with van der Waals surface area (Å²) < 4.78 is 5.90. The van der Waals surface area contributed by atoms with Gasteiger partial charge >= 0.3 is 0 Å². The fourth-order valence-corrected chi connectivity index (χ4v) is 3.50. The molecule has 6 heteroatoms. The van der Waals surface area contributed by atoms with Crippen LogP contribution in [0.3, 0.4) is 0 Å². The molecule has 0 unspecified atom stereocenters. The molecule has 0 aliphatic rings. The van der Waals surface area contributed by atoms with E-state index in [0.29, 0.717) is 28.5 Å². The molecule has 0 saturated heterocycles. The van der Waals surface area contributed by atoms with Gasteiger partial charge in [0, 0.05) is 16.8 Å². The predicted octanol–water partition coefficient (Wildman–Crippen LogP) is 6.05. The highest BCUT2D eigenvalue weighted by Crippen LogP contribution is 2.28. The largest absolute Gasteiger partial charge is 0.436 e. The van der Waals surface area contributed by atoms with Gasteiger partial charge in [-0.3, -0.25) is 10.1 Å². The van der Waals surface area contributed by atoms with Gasteiger partial charge in [-0.05, 0) is 72.6 Å². The van der Waals surface area contributed by atoms with E-state index in [1.165, 1.54) is 5.56 Å². The Kier molecular flexibility index (Phi) is 5.82. The number of thiocarbonyl (C=S) groups is 1. The minimum atomic E-state index is -0.253. The van der Waals surface area contributed by atoms with E-state index in [1.807, 2.05) is 73.7 Å². The summed E-state index contributed by atoms with van der Waals surface area (Å²) in [5.41, 5.74) is 5.91. The maximum Gasteiger partial charge on any atom is 0.257 e. The van der Waals surface area contributed by atoms with Crippen LogP contribution in [0.25, 0.3) is 22.6 Å². The van der Waals surface area contributed by atoms with Gasteiger partial charge in [0.2, 0.25) is 5.89 Å². The number of nitrogens with one attached hydrogen (secondary N) is 2. The Balaban J connectivity index is 1.46. The summed E-state index contributed by atoms with van der Waals surface area (Å²) in [7, 11) is 0. The maximum absolute atomic E-state index is 12.5. The van der Waals surface area contributed by atoms with Crippen molar-refractivity contribution >= 4 is 40.0 Å².